The summed E-state index contributed by atoms with van der Waals surface area (Å²) in [5.41, 5.74) is 0. The number of likely N-dealkylation sites (tertiary alicyclic amines) is 1. The molecule has 0 bridgehead atoms. The number of morpholine rings is 1. The van der Waals surface area contributed by atoms with Crippen LogP contribution in [0, 0.1) is 0 Å². The van der Waals surface area contributed by atoms with Crippen molar-refractivity contribution in [3.8, 4) is 0 Å². The van der Waals surface area contributed by atoms with Gasteiger partial charge in [0, 0.05) is 12.5 Å². The second-order valence-corrected chi connectivity index (χ2v) is 7.50. The van der Waals surface area contributed by atoms with E-state index in [0.29, 0.717) is 19.7 Å². The summed E-state index contributed by atoms with van der Waals surface area (Å²) in [6, 6.07) is -0.0576. The molecule has 1 N–H and O–H groups in total. The first-order valence-electron chi connectivity index (χ1n) is 9.63. The van der Waals surface area contributed by atoms with Crippen LogP contribution in [0.2, 0.25) is 0 Å². The number of nitrogens with zero attached hydrogens (tertiary/aromatic N) is 4. The molecule has 3 rings (SSSR count). The maximum Gasteiger partial charge on any atom is 0.239 e. The van der Waals surface area contributed by atoms with Crippen LogP contribution in [0.15, 0.2) is 0 Å². The average molecular weight is 349 g/mol. The first kappa shape index (κ1) is 18.3. The van der Waals surface area contributed by atoms with Crippen LogP contribution in [0.25, 0.3) is 0 Å². The molecule has 7 nitrogen and oxygen atoms in total. The fourth-order valence-corrected chi connectivity index (χ4v) is 3.61. The van der Waals surface area contributed by atoms with Crippen molar-refractivity contribution in [2.75, 3.05) is 32.8 Å². The molecule has 2 saturated heterocycles. The topological polar surface area (TPSA) is 74.4 Å². The number of aromatic amines is 1. The Kier molecular flexibility index (Phi) is 6.06. The molecule has 2 aliphatic heterocycles. The van der Waals surface area contributed by atoms with Gasteiger partial charge in [0.1, 0.15) is 6.10 Å². The van der Waals surface area contributed by atoms with E-state index < -0.39 is 0 Å². The molecular weight excluding hydrogens is 318 g/mol. The standard InChI is InChI=1S/C18H31N5O2/c1-13(2)16-19-17(21-20-16)15-12-23(10-11-25-15)18(24)14(3)22-8-6-4-5-7-9-22/h13-15H,4-12H2,1-3H3,(H,19,20,21)/t14-,15-/m1/s1. The van der Waals surface area contributed by atoms with Crippen LogP contribution in [0.3, 0.4) is 0 Å². The monoisotopic (exact) mass is 349 g/mol. The van der Waals surface area contributed by atoms with Crippen molar-refractivity contribution in [1.29, 1.82) is 0 Å². The normalized spacial score (nSPS) is 24.3. The lowest BCUT2D eigenvalue weighted by molar-refractivity contribution is -0.144. The Bertz CT molecular complexity index is 566. The molecule has 1 aromatic heterocycles. The molecule has 7 heteroatoms. The molecule has 0 radical (unpaired) electrons. The van der Waals surface area contributed by atoms with E-state index in [1.807, 2.05) is 11.8 Å². The zero-order chi connectivity index (χ0) is 17.8. The van der Waals surface area contributed by atoms with Gasteiger partial charge in [-0.25, -0.2) is 4.98 Å². The molecule has 2 atom stereocenters. The highest BCUT2D eigenvalue weighted by atomic mass is 16.5. The molecule has 140 valence electrons. The van der Waals surface area contributed by atoms with Gasteiger partial charge in [0.25, 0.3) is 0 Å². The minimum absolute atomic E-state index is 0.0576. The van der Waals surface area contributed by atoms with Gasteiger partial charge in [-0.05, 0) is 32.9 Å². The van der Waals surface area contributed by atoms with Crippen molar-refractivity contribution in [1.82, 2.24) is 25.0 Å². The van der Waals surface area contributed by atoms with E-state index >= 15 is 0 Å². The van der Waals surface area contributed by atoms with Gasteiger partial charge >= 0.3 is 0 Å². The van der Waals surface area contributed by atoms with Crippen LogP contribution in [-0.2, 0) is 9.53 Å². The van der Waals surface area contributed by atoms with Gasteiger partial charge in [0.15, 0.2) is 11.6 Å². The maximum atomic E-state index is 13.0. The molecule has 2 aliphatic rings. The smallest absolute Gasteiger partial charge is 0.239 e. The molecule has 3 heterocycles. The zero-order valence-corrected chi connectivity index (χ0v) is 15.7. The molecule has 0 spiro atoms. The van der Waals surface area contributed by atoms with Crippen LogP contribution >= 0.6 is 0 Å². The summed E-state index contributed by atoms with van der Waals surface area (Å²) in [6.07, 6.45) is 4.73. The molecule has 2 fully saturated rings. The maximum absolute atomic E-state index is 13.0. The summed E-state index contributed by atoms with van der Waals surface area (Å²) in [4.78, 5) is 21.8. The van der Waals surface area contributed by atoms with Gasteiger partial charge in [0.2, 0.25) is 5.91 Å². The summed E-state index contributed by atoms with van der Waals surface area (Å²) in [7, 11) is 0. The quantitative estimate of drug-likeness (QED) is 0.901. The van der Waals surface area contributed by atoms with Crippen molar-refractivity contribution >= 4 is 5.91 Å². The van der Waals surface area contributed by atoms with Gasteiger partial charge in [-0.3, -0.25) is 14.8 Å². The second-order valence-electron chi connectivity index (χ2n) is 7.50. The van der Waals surface area contributed by atoms with Gasteiger partial charge in [-0.1, -0.05) is 26.7 Å². The Hall–Kier alpha value is -1.47. The molecule has 0 aromatic carbocycles. The van der Waals surface area contributed by atoms with Crippen LogP contribution in [-0.4, -0.2) is 69.7 Å². The van der Waals surface area contributed by atoms with E-state index in [1.165, 1.54) is 25.7 Å². The molecule has 25 heavy (non-hydrogen) atoms. The predicted octanol–water partition coefficient (Wildman–Crippen LogP) is 2.09. The Balaban J connectivity index is 1.62. The van der Waals surface area contributed by atoms with Gasteiger partial charge in [0.05, 0.1) is 19.2 Å². The molecule has 0 aliphatic carbocycles. The molecule has 1 amide bonds. The lowest BCUT2D eigenvalue weighted by Gasteiger charge is -2.36. The number of aromatic nitrogens is 3. The van der Waals surface area contributed by atoms with Crippen LogP contribution in [0.5, 0.6) is 0 Å². The van der Waals surface area contributed by atoms with E-state index in [4.69, 9.17) is 4.74 Å². The Labute approximate surface area is 150 Å². The van der Waals surface area contributed by atoms with Gasteiger partial charge in [-0.2, -0.15) is 5.10 Å². The highest BCUT2D eigenvalue weighted by molar-refractivity contribution is 5.81. The number of hydrogen-bond acceptors (Lipinski definition) is 5. The van der Waals surface area contributed by atoms with Crippen LogP contribution in [0.1, 0.15) is 70.1 Å². The van der Waals surface area contributed by atoms with Crippen molar-refractivity contribution < 1.29 is 9.53 Å². The first-order chi connectivity index (χ1) is 12.1. The first-order valence-corrected chi connectivity index (χ1v) is 9.63. The fraction of sp³-hybridized carbons (Fsp3) is 0.833. The predicted molar refractivity (Wildman–Crippen MR) is 95.2 cm³/mol. The van der Waals surface area contributed by atoms with E-state index in [2.05, 4.69) is 33.9 Å². The highest BCUT2D eigenvalue weighted by Gasteiger charge is 2.32. The largest absolute Gasteiger partial charge is 0.367 e. The summed E-state index contributed by atoms with van der Waals surface area (Å²) >= 11 is 0. The number of nitrogens with one attached hydrogen (secondary N) is 1. The SMILES string of the molecule is CC(C)c1n[nH]c([C@H]2CN(C(=O)[C@@H](C)N3CCCCCC3)CCO2)n1. The number of H-pyrrole nitrogens is 1. The number of carbonyl (C=O) groups is 1. The summed E-state index contributed by atoms with van der Waals surface area (Å²) in [5, 5.41) is 7.23. The Morgan fingerprint density at radius 1 is 1.16 bits per heavy atom. The average Bonchev–Trinajstić information content (AvgIpc) is 2.97. The van der Waals surface area contributed by atoms with E-state index in [0.717, 1.165) is 24.7 Å². The fourth-order valence-electron chi connectivity index (χ4n) is 3.61. The number of carbonyl (C=O) groups excluding carboxylic acids is 1. The van der Waals surface area contributed by atoms with Crippen molar-refractivity contribution in [2.24, 2.45) is 0 Å². The lowest BCUT2D eigenvalue weighted by atomic mass is 10.2. The molecule has 1 aromatic rings. The summed E-state index contributed by atoms with van der Waals surface area (Å²) in [5.74, 6) is 2.00. The zero-order valence-electron chi connectivity index (χ0n) is 15.7. The van der Waals surface area contributed by atoms with Gasteiger partial charge < -0.3 is 9.64 Å². The number of hydrogen-bond donors (Lipinski definition) is 1. The number of ether oxygens (including phenoxy) is 1. The van der Waals surface area contributed by atoms with Crippen LogP contribution < -0.4 is 0 Å². The van der Waals surface area contributed by atoms with Crippen molar-refractivity contribution in [2.45, 2.75) is 64.5 Å². The Morgan fingerprint density at radius 2 is 1.88 bits per heavy atom. The third-order valence-electron chi connectivity index (χ3n) is 5.27. The minimum Gasteiger partial charge on any atom is -0.367 e. The molecular formula is C18H31N5O2. The number of rotatable bonds is 4. The Morgan fingerprint density at radius 3 is 2.52 bits per heavy atom. The van der Waals surface area contributed by atoms with E-state index in [1.54, 1.807) is 0 Å². The second kappa shape index (κ2) is 8.27. The summed E-state index contributed by atoms with van der Waals surface area (Å²) < 4.78 is 5.84. The third-order valence-corrected chi connectivity index (χ3v) is 5.27. The highest BCUT2D eigenvalue weighted by Crippen LogP contribution is 2.22. The molecule has 0 saturated carbocycles. The molecule has 0 unspecified atom stereocenters. The van der Waals surface area contributed by atoms with Crippen LogP contribution in [0.4, 0.5) is 0 Å². The number of amides is 1. The van der Waals surface area contributed by atoms with E-state index in [-0.39, 0.29) is 24.0 Å². The van der Waals surface area contributed by atoms with Gasteiger partial charge in [-0.15, -0.1) is 0 Å². The minimum atomic E-state index is -0.214. The lowest BCUT2D eigenvalue weighted by Crippen LogP contribution is -2.51. The summed E-state index contributed by atoms with van der Waals surface area (Å²) in [6.45, 7) is 9.97. The van der Waals surface area contributed by atoms with Crippen molar-refractivity contribution in [3.63, 3.8) is 0 Å². The van der Waals surface area contributed by atoms with Crippen molar-refractivity contribution in [3.05, 3.63) is 11.6 Å². The third kappa shape index (κ3) is 4.39. The van der Waals surface area contributed by atoms with E-state index in [9.17, 15) is 4.79 Å².